The van der Waals surface area contributed by atoms with Gasteiger partial charge in [-0.25, -0.2) is 4.39 Å². The van der Waals surface area contributed by atoms with Gasteiger partial charge in [-0.3, -0.25) is 0 Å². The summed E-state index contributed by atoms with van der Waals surface area (Å²) < 4.78 is 18.4. The lowest BCUT2D eigenvalue weighted by Gasteiger charge is -2.07. The van der Waals surface area contributed by atoms with Gasteiger partial charge in [0, 0.05) is 5.56 Å². The second kappa shape index (κ2) is 2.44. The van der Waals surface area contributed by atoms with Gasteiger partial charge in [0.1, 0.15) is 11.4 Å². The second-order valence-corrected chi connectivity index (χ2v) is 3.53. The number of hydrogen-bond donors (Lipinski definition) is 0. The molecule has 1 unspecified atom stereocenters. The molecule has 1 aliphatic rings. The first-order chi connectivity index (χ1) is 5.63. The van der Waals surface area contributed by atoms with Gasteiger partial charge in [-0.15, -0.1) is 0 Å². The first-order valence-electron chi connectivity index (χ1n) is 3.72. The van der Waals surface area contributed by atoms with Gasteiger partial charge in [0.2, 0.25) is 0 Å². The van der Waals surface area contributed by atoms with Crippen LogP contribution in [0.1, 0.15) is 12.5 Å². The molecule has 3 heteroatoms. The maximum Gasteiger partial charge on any atom is 0.147 e. The standard InChI is InChI=1S/C9H8ClFO/c1-9(5-12-9)6-3-2-4-7(10)8(6)11/h2-4H,5H2,1H3. The van der Waals surface area contributed by atoms with Gasteiger partial charge in [0.15, 0.2) is 0 Å². The lowest BCUT2D eigenvalue weighted by atomic mass is 10.0. The number of benzene rings is 1. The van der Waals surface area contributed by atoms with Crippen molar-refractivity contribution in [2.24, 2.45) is 0 Å². The molecule has 0 amide bonds. The first-order valence-corrected chi connectivity index (χ1v) is 4.10. The lowest BCUT2D eigenvalue weighted by molar-refractivity contribution is 0.321. The quantitative estimate of drug-likeness (QED) is 0.615. The van der Waals surface area contributed by atoms with Gasteiger partial charge in [0.05, 0.1) is 11.6 Å². The zero-order valence-corrected chi connectivity index (χ0v) is 7.36. The van der Waals surface area contributed by atoms with Crippen LogP contribution >= 0.6 is 11.6 Å². The van der Waals surface area contributed by atoms with Crippen molar-refractivity contribution in [3.8, 4) is 0 Å². The van der Waals surface area contributed by atoms with E-state index in [0.29, 0.717) is 12.2 Å². The van der Waals surface area contributed by atoms with Crippen LogP contribution in [0.4, 0.5) is 4.39 Å². The van der Waals surface area contributed by atoms with Gasteiger partial charge in [-0.1, -0.05) is 23.7 Å². The highest BCUT2D eigenvalue weighted by Crippen LogP contribution is 2.40. The molecular formula is C9H8ClFO. The van der Waals surface area contributed by atoms with E-state index >= 15 is 0 Å². The Hall–Kier alpha value is -0.600. The van der Waals surface area contributed by atoms with Gasteiger partial charge in [-0.05, 0) is 13.0 Å². The predicted molar refractivity (Wildman–Crippen MR) is 44.7 cm³/mol. The molecule has 1 aromatic rings. The monoisotopic (exact) mass is 186 g/mol. The number of ether oxygens (including phenoxy) is 1. The van der Waals surface area contributed by atoms with Crippen molar-refractivity contribution in [1.29, 1.82) is 0 Å². The number of hydrogen-bond acceptors (Lipinski definition) is 1. The average molecular weight is 187 g/mol. The Morgan fingerprint density at radius 3 is 2.83 bits per heavy atom. The summed E-state index contributed by atoms with van der Waals surface area (Å²) in [5, 5.41) is 0.157. The molecule has 1 aliphatic heterocycles. The maximum atomic E-state index is 13.3. The third-order valence-corrected chi connectivity index (χ3v) is 2.39. The summed E-state index contributed by atoms with van der Waals surface area (Å²) in [5.41, 5.74) is 0.115. The third-order valence-electron chi connectivity index (χ3n) is 2.10. The minimum atomic E-state index is -0.436. The van der Waals surface area contributed by atoms with Gasteiger partial charge in [0.25, 0.3) is 0 Å². The number of rotatable bonds is 1. The summed E-state index contributed by atoms with van der Waals surface area (Å²) in [4.78, 5) is 0. The molecule has 1 heterocycles. The minimum absolute atomic E-state index is 0.157. The Kier molecular flexibility index (Phi) is 1.63. The molecule has 0 aromatic heterocycles. The van der Waals surface area contributed by atoms with Crippen LogP contribution in [0.5, 0.6) is 0 Å². The van der Waals surface area contributed by atoms with E-state index in [4.69, 9.17) is 16.3 Å². The molecule has 1 aromatic carbocycles. The minimum Gasteiger partial charge on any atom is -0.365 e. The molecule has 2 rings (SSSR count). The summed E-state index contributed by atoms with van der Waals surface area (Å²) in [6.45, 7) is 2.42. The zero-order chi connectivity index (χ0) is 8.77. The molecule has 1 saturated heterocycles. The van der Waals surface area contributed by atoms with Crippen molar-refractivity contribution in [2.75, 3.05) is 6.61 Å². The van der Waals surface area contributed by atoms with Crippen LogP contribution in [0, 0.1) is 5.82 Å². The summed E-state index contributed by atoms with van der Waals surface area (Å²) in [5.74, 6) is -0.362. The van der Waals surface area contributed by atoms with E-state index in [9.17, 15) is 4.39 Å². The van der Waals surface area contributed by atoms with Crippen molar-refractivity contribution in [1.82, 2.24) is 0 Å². The Balaban J connectivity index is 2.51. The Morgan fingerprint density at radius 1 is 1.58 bits per heavy atom. The predicted octanol–water partition coefficient (Wildman–Crippen LogP) is 2.72. The molecule has 0 N–H and O–H groups in total. The van der Waals surface area contributed by atoms with Gasteiger partial charge >= 0.3 is 0 Å². The fourth-order valence-electron chi connectivity index (χ4n) is 1.18. The zero-order valence-electron chi connectivity index (χ0n) is 6.60. The molecule has 1 atom stereocenters. The van der Waals surface area contributed by atoms with Crippen LogP contribution in [-0.2, 0) is 10.3 Å². The molecule has 0 spiro atoms. The van der Waals surface area contributed by atoms with E-state index in [-0.39, 0.29) is 10.8 Å². The topological polar surface area (TPSA) is 12.5 Å². The van der Waals surface area contributed by atoms with Gasteiger partial charge < -0.3 is 4.74 Å². The highest BCUT2D eigenvalue weighted by atomic mass is 35.5. The molecule has 64 valence electrons. The maximum absolute atomic E-state index is 13.3. The summed E-state index contributed by atoms with van der Waals surface area (Å²) in [7, 11) is 0. The molecule has 0 bridgehead atoms. The molecule has 0 saturated carbocycles. The molecule has 12 heavy (non-hydrogen) atoms. The molecule has 1 nitrogen and oxygen atoms in total. The van der Waals surface area contributed by atoms with Crippen LogP contribution in [0.25, 0.3) is 0 Å². The summed E-state index contributed by atoms with van der Waals surface area (Å²) in [6.07, 6.45) is 0. The largest absolute Gasteiger partial charge is 0.365 e. The lowest BCUT2D eigenvalue weighted by Crippen LogP contribution is -2.05. The van der Waals surface area contributed by atoms with Crippen molar-refractivity contribution >= 4 is 11.6 Å². The van der Waals surface area contributed by atoms with Crippen LogP contribution in [-0.4, -0.2) is 6.61 Å². The third kappa shape index (κ3) is 1.11. The smallest absolute Gasteiger partial charge is 0.147 e. The SMILES string of the molecule is CC1(c2cccc(Cl)c2F)CO1. The highest BCUT2D eigenvalue weighted by Gasteiger charge is 2.43. The van der Waals surface area contributed by atoms with Crippen molar-refractivity contribution in [3.05, 3.63) is 34.6 Å². The first kappa shape index (κ1) is 8.02. The van der Waals surface area contributed by atoms with E-state index in [2.05, 4.69) is 0 Å². The van der Waals surface area contributed by atoms with E-state index in [1.807, 2.05) is 6.92 Å². The van der Waals surface area contributed by atoms with Crippen LogP contribution in [0.3, 0.4) is 0 Å². The van der Waals surface area contributed by atoms with Crippen LogP contribution in [0.2, 0.25) is 5.02 Å². The summed E-state index contributed by atoms with van der Waals surface area (Å²) in [6, 6.07) is 4.97. The van der Waals surface area contributed by atoms with Crippen molar-refractivity contribution < 1.29 is 9.13 Å². The molecule has 0 aliphatic carbocycles. The molecule has 1 fully saturated rings. The normalized spacial score (nSPS) is 27.2. The van der Waals surface area contributed by atoms with Crippen LogP contribution in [0.15, 0.2) is 18.2 Å². The van der Waals surface area contributed by atoms with E-state index in [0.717, 1.165) is 0 Å². The second-order valence-electron chi connectivity index (χ2n) is 3.12. The Morgan fingerprint density at radius 2 is 2.25 bits per heavy atom. The van der Waals surface area contributed by atoms with Gasteiger partial charge in [-0.2, -0.15) is 0 Å². The Labute approximate surface area is 75.1 Å². The summed E-state index contributed by atoms with van der Waals surface area (Å²) >= 11 is 5.62. The van der Waals surface area contributed by atoms with E-state index < -0.39 is 5.60 Å². The highest BCUT2D eigenvalue weighted by molar-refractivity contribution is 6.30. The van der Waals surface area contributed by atoms with Crippen molar-refractivity contribution in [3.63, 3.8) is 0 Å². The number of epoxide rings is 1. The van der Waals surface area contributed by atoms with E-state index in [1.54, 1.807) is 12.1 Å². The number of halogens is 2. The fraction of sp³-hybridized carbons (Fsp3) is 0.333. The van der Waals surface area contributed by atoms with Crippen LogP contribution < -0.4 is 0 Å². The van der Waals surface area contributed by atoms with E-state index in [1.165, 1.54) is 6.07 Å². The van der Waals surface area contributed by atoms with Crippen molar-refractivity contribution in [2.45, 2.75) is 12.5 Å². The molecule has 0 radical (unpaired) electrons. The average Bonchev–Trinajstić information content (AvgIpc) is 2.75. The molecular weight excluding hydrogens is 179 g/mol. The Bertz CT molecular complexity index is 320. The fourth-order valence-corrected chi connectivity index (χ4v) is 1.35.